The summed E-state index contributed by atoms with van der Waals surface area (Å²) < 4.78 is 1.25. The van der Waals surface area contributed by atoms with E-state index in [0.29, 0.717) is 0 Å². The van der Waals surface area contributed by atoms with E-state index in [1.54, 1.807) is 0 Å². The van der Waals surface area contributed by atoms with E-state index >= 15 is 0 Å². The molecule has 0 saturated carbocycles. The smallest absolute Gasteiger partial charge is 0.0886 e. The second-order valence-corrected chi connectivity index (χ2v) is 18.5. The van der Waals surface area contributed by atoms with Crippen LogP contribution in [0.5, 0.6) is 0 Å². The Bertz CT molecular complexity index is 912. The molecule has 0 unspecified atom stereocenters. The van der Waals surface area contributed by atoms with Crippen LogP contribution < -0.4 is 0 Å². The van der Waals surface area contributed by atoms with E-state index in [1.807, 2.05) is 0 Å². The van der Waals surface area contributed by atoms with E-state index < -0.39 is 0 Å². The molecule has 0 aliphatic rings. The summed E-state index contributed by atoms with van der Waals surface area (Å²) >= 11 is 0. The molecule has 0 aromatic carbocycles. The Labute approximate surface area is 367 Å². The third kappa shape index (κ3) is 44.0. The van der Waals surface area contributed by atoms with Gasteiger partial charge in [-0.05, 0) is 135 Å². The molecule has 1 heteroatoms. The number of hydrogen-bond acceptors (Lipinski definition) is 0. The van der Waals surface area contributed by atoms with Crippen LogP contribution in [0.2, 0.25) is 0 Å². The molecule has 0 aliphatic carbocycles. The Balaban J connectivity index is 4.38. The number of quaternary nitrogens is 1. The first kappa shape index (κ1) is 56.4. The summed E-state index contributed by atoms with van der Waals surface area (Å²) in [6, 6.07) is 0.842. The van der Waals surface area contributed by atoms with Crippen molar-refractivity contribution >= 4 is 0 Å². The molecule has 0 spiro atoms. The Morgan fingerprint density at radius 3 is 0.810 bits per heavy atom. The standard InChI is InChI=1S/C57H106N/c1-6-9-12-15-18-21-24-27-30-33-36-39-42-45-48-51-54-57(55-52-49-46-43-40-37-34-31-28-25-22-19-16-13-10-7-2)58(4,5)56-53-50-47-44-41-38-35-32-29-26-23-20-17-14-11-8-3/h18-23,27-32,57H,6-17,24-26,33-56H2,1-5H3/q+1/b21-18-,22-19-,23-20-,30-27-,31-28-,32-29-. The first-order chi connectivity index (χ1) is 28.6. The molecule has 0 saturated heterocycles. The molecule has 0 rings (SSSR count). The average Bonchev–Trinajstić information content (AvgIpc) is 3.22. The zero-order valence-corrected chi connectivity index (χ0v) is 40.5. The predicted octanol–water partition coefficient (Wildman–Crippen LogP) is 19.7. The normalized spacial score (nSPS) is 12.9. The highest BCUT2D eigenvalue weighted by molar-refractivity contribution is 4.94. The Hall–Kier alpha value is -1.60. The molecule has 0 aromatic heterocycles. The maximum Gasteiger partial charge on any atom is 0.0886 e. The number of allylic oxidation sites excluding steroid dienone is 12. The minimum Gasteiger partial charge on any atom is -0.326 e. The van der Waals surface area contributed by atoms with Gasteiger partial charge in [0.25, 0.3) is 0 Å². The summed E-state index contributed by atoms with van der Waals surface area (Å²) in [6.45, 7) is 8.21. The monoisotopic (exact) mass is 805 g/mol. The van der Waals surface area contributed by atoms with Crippen molar-refractivity contribution in [3.63, 3.8) is 0 Å². The van der Waals surface area contributed by atoms with Crippen LogP contribution in [0.4, 0.5) is 0 Å². The summed E-state index contributed by atoms with van der Waals surface area (Å²) in [5, 5.41) is 0. The minimum absolute atomic E-state index is 0.842. The average molecular weight is 805 g/mol. The highest BCUT2D eigenvalue weighted by atomic mass is 15.3. The van der Waals surface area contributed by atoms with E-state index in [-0.39, 0.29) is 0 Å². The second-order valence-electron chi connectivity index (χ2n) is 18.5. The van der Waals surface area contributed by atoms with Crippen LogP contribution in [0.3, 0.4) is 0 Å². The summed E-state index contributed by atoms with van der Waals surface area (Å²) in [5.74, 6) is 0. The predicted molar refractivity (Wildman–Crippen MR) is 268 cm³/mol. The van der Waals surface area contributed by atoms with Crippen molar-refractivity contribution < 1.29 is 4.48 Å². The molecule has 0 fully saturated rings. The molecular formula is C57H106N+. The topological polar surface area (TPSA) is 0 Å². The van der Waals surface area contributed by atoms with Crippen LogP contribution in [-0.4, -0.2) is 31.2 Å². The Kier molecular flexibility index (Phi) is 46.7. The zero-order valence-electron chi connectivity index (χ0n) is 40.5. The van der Waals surface area contributed by atoms with Crippen molar-refractivity contribution in [2.75, 3.05) is 20.6 Å². The lowest BCUT2D eigenvalue weighted by Crippen LogP contribution is -2.49. The number of rotatable bonds is 46. The van der Waals surface area contributed by atoms with Crippen molar-refractivity contribution in [2.24, 2.45) is 0 Å². The van der Waals surface area contributed by atoms with Crippen LogP contribution in [0.1, 0.15) is 265 Å². The summed E-state index contributed by atoms with van der Waals surface area (Å²) in [7, 11) is 5.14. The van der Waals surface area contributed by atoms with E-state index in [1.165, 1.54) is 236 Å². The second kappa shape index (κ2) is 48.1. The van der Waals surface area contributed by atoms with Gasteiger partial charge in [-0.15, -0.1) is 0 Å². The molecule has 0 N–H and O–H groups in total. The molecule has 0 radical (unpaired) electrons. The van der Waals surface area contributed by atoms with Gasteiger partial charge in [0, 0.05) is 0 Å². The van der Waals surface area contributed by atoms with E-state index in [2.05, 4.69) is 108 Å². The fraction of sp³-hybridized carbons (Fsp3) is 0.789. The van der Waals surface area contributed by atoms with Gasteiger partial charge in [0.2, 0.25) is 0 Å². The molecule has 0 atom stereocenters. The molecule has 58 heavy (non-hydrogen) atoms. The van der Waals surface area contributed by atoms with Gasteiger partial charge in [-0.3, -0.25) is 0 Å². The first-order valence-electron chi connectivity index (χ1n) is 26.3. The number of hydrogen-bond donors (Lipinski definition) is 0. The fourth-order valence-corrected chi connectivity index (χ4v) is 8.27. The Morgan fingerprint density at radius 1 is 0.276 bits per heavy atom. The lowest BCUT2D eigenvalue weighted by atomic mass is 9.97. The summed E-state index contributed by atoms with van der Waals surface area (Å²) in [6.07, 6.45) is 79.9. The third-order valence-electron chi connectivity index (χ3n) is 12.4. The Morgan fingerprint density at radius 2 is 0.517 bits per heavy atom. The third-order valence-corrected chi connectivity index (χ3v) is 12.4. The van der Waals surface area contributed by atoms with Crippen LogP contribution in [-0.2, 0) is 0 Å². The van der Waals surface area contributed by atoms with Crippen molar-refractivity contribution in [3.05, 3.63) is 72.9 Å². The van der Waals surface area contributed by atoms with Gasteiger partial charge in [0.1, 0.15) is 0 Å². The van der Waals surface area contributed by atoms with E-state index in [4.69, 9.17) is 0 Å². The van der Waals surface area contributed by atoms with Crippen molar-refractivity contribution in [1.82, 2.24) is 0 Å². The quantitative estimate of drug-likeness (QED) is 0.0327. The van der Waals surface area contributed by atoms with Crippen LogP contribution in [0, 0.1) is 0 Å². The van der Waals surface area contributed by atoms with Gasteiger partial charge < -0.3 is 4.48 Å². The SMILES string of the molecule is CCCCC/C=C\C/C=C\CCCCCCCCC(CCCCCCCC/C=C\C/C=C\CCCCC)[N+](C)(C)CCCCCCCC/C=C\C/C=C\CCCCC. The van der Waals surface area contributed by atoms with Crippen molar-refractivity contribution in [2.45, 2.75) is 271 Å². The number of unbranched alkanes of at least 4 members (excludes halogenated alkanes) is 27. The van der Waals surface area contributed by atoms with Gasteiger partial charge in [0.15, 0.2) is 0 Å². The number of nitrogens with zero attached hydrogens (tertiary/aromatic N) is 1. The maximum atomic E-state index is 2.57. The minimum atomic E-state index is 0.842. The van der Waals surface area contributed by atoms with Gasteiger partial charge in [-0.2, -0.15) is 0 Å². The highest BCUT2D eigenvalue weighted by Crippen LogP contribution is 2.24. The molecule has 338 valence electrons. The molecule has 0 aliphatic heterocycles. The summed E-state index contributed by atoms with van der Waals surface area (Å²) in [5.41, 5.74) is 0. The van der Waals surface area contributed by atoms with E-state index in [0.717, 1.165) is 25.3 Å². The zero-order chi connectivity index (χ0) is 42.1. The molecule has 0 amide bonds. The van der Waals surface area contributed by atoms with Gasteiger partial charge in [-0.25, -0.2) is 0 Å². The molecule has 1 nitrogen and oxygen atoms in total. The van der Waals surface area contributed by atoms with Crippen LogP contribution >= 0.6 is 0 Å². The lowest BCUT2D eigenvalue weighted by Gasteiger charge is -2.39. The molecule has 0 heterocycles. The van der Waals surface area contributed by atoms with Crippen molar-refractivity contribution in [3.8, 4) is 0 Å². The largest absolute Gasteiger partial charge is 0.326 e. The highest BCUT2D eigenvalue weighted by Gasteiger charge is 2.26. The summed E-state index contributed by atoms with van der Waals surface area (Å²) in [4.78, 5) is 0. The van der Waals surface area contributed by atoms with Crippen LogP contribution in [0.15, 0.2) is 72.9 Å². The maximum absolute atomic E-state index is 2.57. The van der Waals surface area contributed by atoms with Gasteiger partial charge in [-0.1, -0.05) is 203 Å². The fourth-order valence-electron chi connectivity index (χ4n) is 8.27. The van der Waals surface area contributed by atoms with Gasteiger partial charge >= 0.3 is 0 Å². The van der Waals surface area contributed by atoms with E-state index in [9.17, 15) is 0 Å². The molecule has 0 bridgehead atoms. The van der Waals surface area contributed by atoms with Gasteiger partial charge in [0.05, 0.1) is 26.7 Å². The molecular weight excluding hydrogens is 699 g/mol. The van der Waals surface area contributed by atoms with Crippen molar-refractivity contribution in [1.29, 1.82) is 0 Å². The van der Waals surface area contributed by atoms with Crippen LogP contribution in [0.25, 0.3) is 0 Å². The lowest BCUT2D eigenvalue weighted by molar-refractivity contribution is -0.916. The molecule has 0 aromatic rings. The first-order valence-corrected chi connectivity index (χ1v) is 26.3.